The third-order valence-corrected chi connectivity index (χ3v) is 3.59. The summed E-state index contributed by atoms with van der Waals surface area (Å²) >= 11 is 0. The molecule has 0 aliphatic carbocycles. The number of aromatic nitrogens is 5. The van der Waals surface area contributed by atoms with Crippen molar-refractivity contribution in [2.75, 3.05) is 13.2 Å². The quantitative estimate of drug-likeness (QED) is 0.580. The highest BCUT2D eigenvalue weighted by molar-refractivity contribution is 5.86. The van der Waals surface area contributed by atoms with Gasteiger partial charge in [-0.15, -0.1) is 5.10 Å². The minimum atomic E-state index is -0.485. The van der Waals surface area contributed by atoms with Gasteiger partial charge in [0.05, 0.1) is 12.9 Å². The monoisotopic (exact) mass is 358 g/mol. The van der Waals surface area contributed by atoms with Crippen LogP contribution in [0, 0.1) is 0 Å². The molecule has 3 rings (SSSR count). The standard InChI is InChI=1S/C16H18N6O4/c1-2-26-15(24)12-9-20(11-18-12)8-6-17-14(23)10-22-16(25)21-7-4-3-5-13(21)19-22/h3-5,7,9,11H,2,6,8,10H2,1H3,(H,17,23). The number of pyridine rings is 1. The first kappa shape index (κ1) is 17.4. The zero-order valence-electron chi connectivity index (χ0n) is 14.2. The number of fused-ring (bicyclic) bond motifs is 1. The number of nitrogens with zero attached hydrogens (tertiary/aromatic N) is 5. The summed E-state index contributed by atoms with van der Waals surface area (Å²) in [7, 11) is 0. The fraction of sp³-hybridized carbons (Fsp3) is 0.312. The predicted molar refractivity (Wildman–Crippen MR) is 90.6 cm³/mol. The van der Waals surface area contributed by atoms with Gasteiger partial charge in [0.1, 0.15) is 6.54 Å². The van der Waals surface area contributed by atoms with Crippen molar-refractivity contribution in [3.8, 4) is 0 Å². The van der Waals surface area contributed by atoms with Crippen molar-refractivity contribution in [1.29, 1.82) is 0 Å². The van der Waals surface area contributed by atoms with Gasteiger partial charge in [0, 0.05) is 25.5 Å². The van der Waals surface area contributed by atoms with Crippen LogP contribution in [-0.2, 0) is 22.6 Å². The first-order valence-electron chi connectivity index (χ1n) is 8.08. The summed E-state index contributed by atoms with van der Waals surface area (Å²) in [6.07, 6.45) is 4.64. The van der Waals surface area contributed by atoms with Gasteiger partial charge in [-0.3, -0.25) is 9.20 Å². The Morgan fingerprint density at radius 3 is 2.92 bits per heavy atom. The topological polar surface area (TPSA) is 113 Å². The Hall–Kier alpha value is -3.43. The van der Waals surface area contributed by atoms with Crippen molar-refractivity contribution in [3.63, 3.8) is 0 Å². The van der Waals surface area contributed by atoms with Crippen molar-refractivity contribution in [2.24, 2.45) is 0 Å². The van der Waals surface area contributed by atoms with Crippen LogP contribution < -0.4 is 11.0 Å². The fourth-order valence-corrected chi connectivity index (χ4v) is 2.38. The number of amides is 1. The van der Waals surface area contributed by atoms with Gasteiger partial charge in [-0.1, -0.05) is 6.07 Å². The van der Waals surface area contributed by atoms with Crippen molar-refractivity contribution < 1.29 is 14.3 Å². The lowest BCUT2D eigenvalue weighted by molar-refractivity contribution is -0.121. The number of nitrogens with one attached hydrogen (secondary N) is 1. The third kappa shape index (κ3) is 3.79. The highest BCUT2D eigenvalue weighted by atomic mass is 16.5. The third-order valence-electron chi connectivity index (χ3n) is 3.59. The zero-order chi connectivity index (χ0) is 18.5. The lowest BCUT2D eigenvalue weighted by atomic mass is 10.5. The Balaban J connectivity index is 1.52. The van der Waals surface area contributed by atoms with E-state index < -0.39 is 5.97 Å². The summed E-state index contributed by atoms with van der Waals surface area (Å²) in [6, 6.07) is 5.17. The van der Waals surface area contributed by atoms with E-state index in [1.54, 1.807) is 42.1 Å². The number of hydrogen-bond acceptors (Lipinski definition) is 6. The molecule has 0 unspecified atom stereocenters. The Bertz CT molecular complexity index is 986. The SMILES string of the molecule is CCOC(=O)c1cn(CCNC(=O)Cn2nc3ccccn3c2=O)cn1. The summed E-state index contributed by atoms with van der Waals surface area (Å²) < 4.78 is 9.01. The Kier molecular flexibility index (Phi) is 5.11. The molecule has 0 aliphatic rings. The van der Waals surface area contributed by atoms with Gasteiger partial charge in [0.2, 0.25) is 5.91 Å². The molecule has 0 atom stereocenters. The van der Waals surface area contributed by atoms with Gasteiger partial charge < -0.3 is 14.6 Å². The maximum absolute atomic E-state index is 12.1. The van der Waals surface area contributed by atoms with Crippen LogP contribution in [0.2, 0.25) is 0 Å². The second-order valence-electron chi connectivity index (χ2n) is 5.44. The number of hydrogen-bond donors (Lipinski definition) is 1. The molecule has 136 valence electrons. The van der Waals surface area contributed by atoms with Crippen LogP contribution >= 0.6 is 0 Å². The molecule has 3 aromatic rings. The van der Waals surface area contributed by atoms with E-state index in [0.717, 1.165) is 4.68 Å². The first-order valence-corrected chi connectivity index (χ1v) is 8.08. The largest absolute Gasteiger partial charge is 0.461 e. The van der Waals surface area contributed by atoms with Crippen LogP contribution in [0.5, 0.6) is 0 Å². The molecule has 3 heterocycles. The Morgan fingerprint density at radius 1 is 1.31 bits per heavy atom. The van der Waals surface area contributed by atoms with Gasteiger partial charge in [-0.05, 0) is 19.1 Å². The van der Waals surface area contributed by atoms with Crippen LogP contribution in [-0.4, -0.2) is 48.8 Å². The normalized spacial score (nSPS) is 10.8. The van der Waals surface area contributed by atoms with Gasteiger partial charge in [0.15, 0.2) is 11.3 Å². The summed E-state index contributed by atoms with van der Waals surface area (Å²) in [5.41, 5.74) is 0.328. The molecule has 0 saturated heterocycles. The van der Waals surface area contributed by atoms with Crippen molar-refractivity contribution in [1.82, 2.24) is 29.0 Å². The maximum Gasteiger partial charge on any atom is 0.358 e. The molecule has 10 nitrogen and oxygen atoms in total. The average Bonchev–Trinajstić information content (AvgIpc) is 3.21. The summed E-state index contributed by atoms with van der Waals surface area (Å²) in [5.74, 6) is -0.817. The number of esters is 1. The van der Waals surface area contributed by atoms with E-state index in [1.807, 2.05) is 0 Å². The molecule has 0 radical (unpaired) electrons. The van der Waals surface area contributed by atoms with Crippen LogP contribution in [0.1, 0.15) is 17.4 Å². The Morgan fingerprint density at radius 2 is 2.15 bits per heavy atom. The second-order valence-corrected chi connectivity index (χ2v) is 5.44. The summed E-state index contributed by atoms with van der Waals surface area (Å²) in [4.78, 5) is 39.6. The molecule has 0 saturated carbocycles. The first-order chi connectivity index (χ1) is 12.6. The van der Waals surface area contributed by atoms with Crippen molar-refractivity contribution >= 4 is 17.5 Å². The average molecular weight is 358 g/mol. The van der Waals surface area contributed by atoms with E-state index in [1.165, 1.54) is 10.7 Å². The number of rotatable bonds is 7. The smallest absolute Gasteiger partial charge is 0.358 e. The molecule has 1 amide bonds. The molecule has 1 N–H and O–H groups in total. The molecule has 26 heavy (non-hydrogen) atoms. The van der Waals surface area contributed by atoms with E-state index >= 15 is 0 Å². The van der Waals surface area contributed by atoms with E-state index in [-0.39, 0.29) is 30.4 Å². The summed E-state index contributed by atoms with van der Waals surface area (Å²) in [6.45, 7) is 2.58. The number of carbonyl (C=O) groups excluding carboxylic acids is 2. The number of ether oxygens (including phenoxy) is 1. The van der Waals surface area contributed by atoms with Gasteiger partial charge >= 0.3 is 11.7 Å². The predicted octanol–water partition coefficient (Wildman–Crippen LogP) is -0.314. The number of carbonyl (C=O) groups is 2. The van der Waals surface area contributed by atoms with E-state index in [0.29, 0.717) is 18.7 Å². The van der Waals surface area contributed by atoms with Crippen LogP contribution in [0.15, 0.2) is 41.7 Å². The van der Waals surface area contributed by atoms with Crippen LogP contribution in [0.4, 0.5) is 0 Å². The van der Waals surface area contributed by atoms with Gasteiger partial charge in [-0.2, -0.15) is 0 Å². The molecule has 0 aliphatic heterocycles. The van der Waals surface area contributed by atoms with E-state index in [4.69, 9.17) is 4.74 Å². The molecule has 10 heteroatoms. The Labute approximate surface area is 148 Å². The van der Waals surface area contributed by atoms with Crippen molar-refractivity contribution in [3.05, 3.63) is 53.1 Å². The molecule has 3 aromatic heterocycles. The number of imidazole rings is 1. The fourth-order valence-electron chi connectivity index (χ4n) is 2.38. The van der Waals surface area contributed by atoms with E-state index in [9.17, 15) is 14.4 Å². The molecule has 0 spiro atoms. The zero-order valence-corrected chi connectivity index (χ0v) is 14.2. The summed E-state index contributed by atoms with van der Waals surface area (Å²) in [5, 5.41) is 6.80. The van der Waals surface area contributed by atoms with Crippen LogP contribution in [0.25, 0.3) is 5.65 Å². The van der Waals surface area contributed by atoms with Gasteiger partial charge in [0.25, 0.3) is 0 Å². The minimum Gasteiger partial charge on any atom is -0.461 e. The minimum absolute atomic E-state index is 0.168. The van der Waals surface area contributed by atoms with E-state index in [2.05, 4.69) is 15.4 Å². The second kappa shape index (κ2) is 7.64. The lowest BCUT2D eigenvalue weighted by Gasteiger charge is -2.05. The highest BCUT2D eigenvalue weighted by Crippen LogP contribution is 1.99. The van der Waals surface area contributed by atoms with Gasteiger partial charge in [-0.25, -0.2) is 19.3 Å². The molecule has 0 fully saturated rings. The molecule has 0 bridgehead atoms. The molecular formula is C16H18N6O4. The highest BCUT2D eigenvalue weighted by Gasteiger charge is 2.11. The lowest BCUT2D eigenvalue weighted by Crippen LogP contribution is -2.34. The van der Waals surface area contributed by atoms with Crippen molar-refractivity contribution in [2.45, 2.75) is 20.0 Å². The molecular weight excluding hydrogens is 340 g/mol. The maximum atomic E-state index is 12.1. The van der Waals surface area contributed by atoms with Crippen LogP contribution in [0.3, 0.4) is 0 Å². The molecule has 0 aromatic carbocycles.